The molecule has 7 rings (SSSR count). The molecule has 2 aromatic carbocycles. The molecule has 2 atom stereocenters. The fourth-order valence-corrected chi connectivity index (χ4v) is 7.85. The van der Waals surface area contributed by atoms with Crippen LogP contribution < -0.4 is 10.4 Å². The van der Waals surface area contributed by atoms with Gasteiger partial charge in [0, 0.05) is 30.1 Å². The van der Waals surface area contributed by atoms with Crippen molar-refractivity contribution in [1.29, 1.82) is 0 Å². The van der Waals surface area contributed by atoms with E-state index in [-0.39, 0.29) is 30.4 Å². The van der Waals surface area contributed by atoms with E-state index in [2.05, 4.69) is 24.3 Å². The van der Waals surface area contributed by atoms with E-state index in [4.69, 9.17) is 23.4 Å². The summed E-state index contributed by atoms with van der Waals surface area (Å²) in [5.74, 6) is -0.589. The predicted octanol–water partition coefficient (Wildman–Crippen LogP) is 6.62. The predicted molar refractivity (Wildman–Crippen MR) is 180 cm³/mol. The van der Waals surface area contributed by atoms with Crippen molar-refractivity contribution in [3.05, 3.63) is 85.8 Å². The van der Waals surface area contributed by atoms with Crippen LogP contribution in [0.2, 0.25) is 0 Å². The molecule has 1 saturated carbocycles. The van der Waals surface area contributed by atoms with Gasteiger partial charge in [-0.1, -0.05) is 42.7 Å². The van der Waals surface area contributed by atoms with Crippen LogP contribution in [0, 0.1) is 5.41 Å². The molecule has 9 heteroatoms. The van der Waals surface area contributed by atoms with Crippen LogP contribution >= 0.6 is 0 Å². The Bertz CT molecular complexity index is 1790. The number of methoxy groups -OCH3 is 1. The number of carbonyl (C=O) groups excluding carboxylic acids is 2. The number of allylic oxidation sites excluding steroid dienone is 1. The Labute approximate surface area is 281 Å². The molecule has 0 saturated heterocycles. The summed E-state index contributed by atoms with van der Waals surface area (Å²) in [5, 5.41) is 10.9. The zero-order valence-electron chi connectivity index (χ0n) is 28.6. The van der Waals surface area contributed by atoms with Crippen molar-refractivity contribution in [3.8, 4) is 5.75 Å². The molecular formula is C39H46O9. The van der Waals surface area contributed by atoms with Gasteiger partial charge in [0.1, 0.15) is 16.9 Å². The first kappa shape index (κ1) is 33.9. The Kier molecular flexibility index (Phi) is 9.55. The Morgan fingerprint density at radius 1 is 0.917 bits per heavy atom. The molecule has 4 aliphatic rings. The highest BCUT2D eigenvalue weighted by Crippen LogP contribution is 2.49. The summed E-state index contributed by atoms with van der Waals surface area (Å²) in [6, 6.07) is 12.0. The van der Waals surface area contributed by atoms with Crippen molar-refractivity contribution in [3.63, 3.8) is 0 Å². The molecule has 3 aromatic rings. The zero-order valence-corrected chi connectivity index (χ0v) is 28.6. The topological polar surface area (TPSA) is 122 Å². The van der Waals surface area contributed by atoms with Gasteiger partial charge in [0.15, 0.2) is 12.2 Å². The average molecular weight is 659 g/mol. The second kappa shape index (κ2) is 13.5. The first-order valence-corrected chi connectivity index (χ1v) is 17.0. The number of fused-ring (bicyclic) bond motifs is 11. The first-order chi connectivity index (χ1) is 22.9. The number of esters is 2. The molecular weight excluding hydrogens is 612 g/mol. The van der Waals surface area contributed by atoms with Crippen LogP contribution in [0.3, 0.4) is 0 Å². The normalized spacial score (nSPS) is 22.2. The van der Waals surface area contributed by atoms with Crippen molar-refractivity contribution in [2.75, 3.05) is 13.7 Å². The molecule has 256 valence electrons. The lowest BCUT2D eigenvalue weighted by atomic mass is 9.77. The van der Waals surface area contributed by atoms with E-state index in [1.54, 1.807) is 26.0 Å². The Morgan fingerprint density at radius 2 is 1.62 bits per heavy atom. The van der Waals surface area contributed by atoms with E-state index in [0.29, 0.717) is 46.2 Å². The molecule has 9 nitrogen and oxygen atoms in total. The number of aliphatic hydroxyl groups excluding tert-OH is 1. The molecule has 0 amide bonds. The van der Waals surface area contributed by atoms with Crippen molar-refractivity contribution in [2.24, 2.45) is 5.41 Å². The van der Waals surface area contributed by atoms with Gasteiger partial charge in [-0.3, -0.25) is 4.79 Å². The highest BCUT2D eigenvalue weighted by molar-refractivity contribution is 5.90. The van der Waals surface area contributed by atoms with Gasteiger partial charge < -0.3 is 28.5 Å². The molecule has 4 heterocycles. The number of benzene rings is 2. The van der Waals surface area contributed by atoms with E-state index in [1.807, 2.05) is 13.8 Å². The van der Waals surface area contributed by atoms with Gasteiger partial charge in [-0.2, -0.15) is 0 Å². The van der Waals surface area contributed by atoms with Crippen LogP contribution in [0.15, 0.2) is 56.8 Å². The summed E-state index contributed by atoms with van der Waals surface area (Å²) in [7, 11) is 1.54. The van der Waals surface area contributed by atoms with Gasteiger partial charge in [-0.15, -0.1) is 0 Å². The number of aryl methyl sites for hydroxylation is 1. The molecule has 1 aromatic heterocycles. The van der Waals surface area contributed by atoms with Crippen LogP contribution in [0.4, 0.5) is 0 Å². The molecule has 1 spiro atoms. The maximum atomic E-state index is 14.2. The summed E-state index contributed by atoms with van der Waals surface area (Å²) < 4.78 is 30.4. The van der Waals surface area contributed by atoms with Gasteiger partial charge in [0.2, 0.25) is 0 Å². The van der Waals surface area contributed by atoms with Crippen LogP contribution in [0.5, 0.6) is 5.75 Å². The third kappa shape index (κ3) is 6.54. The monoisotopic (exact) mass is 658 g/mol. The van der Waals surface area contributed by atoms with Crippen molar-refractivity contribution >= 4 is 22.9 Å². The van der Waals surface area contributed by atoms with E-state index < -0.39 is 42.0 Å². The maximum Gasteiger partial charge on any atom is 0.339 e. The Balaban J connectivity index is 1.52. The lowest BCUT2D eigenvalue weighted by Gasteiger charge is -2.43. The molecule has 0 unspecified atom stereocenters. The highest BCUT2D eigenvalue weighted by atomic mass is 16.6. The molecule has 3 aliphatic heterocycles. The van der Waals surface area contributed by atoms with Crippen molar-refractivity contribution in [1.82, 2.24) is 0 Å². The van der Waals surface area contributed by atoms with E-state index >= 15 is 0 Å². The lowest BCUT2D eigenvalue weighted by molar-refractivity contribution is -0.189. The molecule has 1 N–H and O–H groups in total. The Hall–Kier alpha value is -3.95. The minimum atomic E-state index is -1.15. The maximum absolute atomic E-state index is 14.2. The molecule has 2 bridgehead atoms. The number of aliphatic hydroxyl groups is 1. The molecule has 48 heavy (non-hydrogen) atoms. The van der Waals surface area contributed by atoms with Gasteiger partial charge in [-0.25, -0.2) is 9.59 Å². The number of ether oxygens (including phenoxy) is 4. The standard InChI is InChI=1S/C39H46O9/c1-23(2)26-13-12-24-8-10-25(11-9-24)20-39(17-6-7-18-39)21-31(41)45-34-32-30(48-38(3,4)35(34)47-36(26)42)15-14-27-29(22-40)28(16-19-44-5)37(43)46-33(27)32/h8-11,14-15,34-35,40H,6-7,12-13,16-22H2,1-5H3/t34-,35+/m1/s1. The van der Waals surface area contributed by atoms with E-state index in [1.165, 1.54) is 12.7 Å². The number of hydrogen-bond acceptors (Lipinski definition) is 9. The van der Waals surface area contributed by atoms with E-state index in [9.17, 15) is 19.5 Å². The summed E-state index contributed by atoms with van der Waals surface area (Å²) >= 11 is 0. The highest BCUT2D eigenvalue weighted by Gasteiger charge is 2.51. The summed E-state index contributed by atoms with van der Waals surface area (Å²) in [6.45, 7) is 7.21. The van der Waals surface area contributed by atoms with Gasteiger partial charge in [-0.05, 0) is 94.0 Å². The average Bonchev–Trinajstić information content (AvgIpc) is 3.48. The second-order valence-electron chi connectivity index (χ2n) is 14.4. The van der Waals surface area contributed by atoms with Crippen molar-refractivity contribution < 1.29 is 38.1 Å². The smallest absolute Gasteiger partial charge is 0.339 e. The quantitative estimate of drug-likeness (QED) is 0.187. The number of carbonyl (C=O) groups is 2. The fraction of sp³-hybridized carbons (Fsp3) is 0.513. The summed E-state index contributed by atoms with van der Waals surface area (Å²) in [5.41, 5.74) is 2.80. The largest absolute Gasteiger partial charge is 0.483 e. The van der Waals surface area contributed by atoms with Crippen LogP contribution in [0.25, 0.3) is 11.0 Å². The zero-order chi connectivity index (χ0) is 34.2. The number of hydrogen-bond donors (Lipinski definition) is 1. The molecule has 1 fully saturated rings. The third-order valence-electron chi connectivity index (χ3n) is 10.4. The van der Waals surface area contributed by atoms with E-state index in [0.717, 1.165) is 43.2 Å². The molecule has 0 radical (unpaired) electrons. The van der Waals surface area contributed by atoms with Crippen LogP contribution in [-0.2, 0) is 49.7 Å². The molecule has 1 aliphatic carbocycles. The van der Waals surface area contributed by atoms with Gasteiger partial charge in [0.05, 0.1) is 25.2 Å². The van der Waals surface area contributed by atoms with Gasteiger partial charge >= 0.3 is 17.6 Å². The minimum absolute atomic E-state index is 0.129. The minimum Gasteiger partial charge on any atom is -0.483 e. The van der Waals surface area contributed by atoms with Crippen LogP contribution in [0.1, 0.15) is 100 Å². The second-order valence-corrected chi connectivity index (χ2v) is 14.4. The van der Waals surface area contributed by atoms with Gasteiger partial charge in [0.25, 0.3) is 0 Å². The summed E-state index contributed by atoms with van der Waals surface area (Å²) in [4.78, 5) is 41.6. The fourth-order valence-electron chi connectivity index (χ4n) is 7.85. The third-order valence-corrected chi connectivity index (χ3v) is 10.4. The SMILES string of the molecule is COCCc1c(CO)c2ccc3c(c2oc1=O)[C@H]1OC(=O)CC2(CCCC2)Cc2ccc(cc2)CCC(=C(C)C)C(=O)O[C@@H]1C(C)(C)O3. The van der Waals surface area contributed by atoms with Crippen molar-refractivity contribution in [2.45, 2.75) is 110 Å². The first-order valence-electron chi connectivity index (χ1n) is 17.0. The lowest BCUT2D eigenvalue weighted by Crippen LogP contribution is -2.52. The van der Waals surface area contributed by atoms with Crippen LogP contribution in [-0.4, -0.2) is 42.5 Å². The number of rotatable bonds is 4. The Morgan fingerprint density at radius 3 is 2.29 bits per heavy atom. The summed E-state index contributed by atoms with van der Waals surface area (Å²) in [6.07, 6.45) is 4.00.